The number of imidazole rings is 1. The van der Waals surface area contributed by atoms with E-state index in [1.54, 1.807) is 22.6 Å². The van der Waals surface area contributed by atoms with E-state index in [1.807, 2.05) is 17.6 Å². The van der Waals surface area contributed by atoms with Crippen LogP contribution in [0.1, 0.15) is 22.2 Å². The van der Waals surface area contributed by atoms with Crippen LogP contribution in [0.2, 0.25) is 5.02 Å². The maximum Gasteiger partial charge on any atom is 0.323 e. The molecule has 3 heterocycles. The van der Waals surface area contributed by atoms with Crippen molar-refractivity contribution < 1.29 is 13.7 Å². The van der Waals surface area contributed by atoms with Gasteiger partial charge >= 0.3 is 11.8 Å². The molecule has 27 heavy (non-hydrogen) atoms. The summed E-state index contributed by atoms with van der Waals surface area (Å²) in [6, 6.07) is 10.0. The Morgan fingerprint density at radius 3 is 2.74 bits per heavy atom. The van der Waals surface area contributed by atoms with E-state index in [-0.39, 0.29) is 18.1 Å². The molecule has 10 heteroatoms. The van der Waals surface area contributed by atoms with Crippen LogP contribution in [0.4, 0.5) is 4.39 Å². The monoisotopic (exact) mass is 386 g/mol. The Morgan fingerprint density at radius 1 is 1.22 bits per heavy atom. The molecule has 1 amide bonds. The van der Waals surface area contributed by atoms with Gasteiger partial charge in [0.15, 0.2) is 5.82 Å². The highest BCUT2D eigenvalue weighted by Gasteiger charge is 2.19. The number of amides is 1. The van der Waals surface area contributed by atoms with Crippen molar-refractivity contribution in [3.63, 3.8) is 0 Å². The quantitative estimate of drug-likeness (QED) is 0.316. The normalized spacial score (nSPS) is 11.1. The Kier molecular flexibility index (Phi) is 4.30. The van der Waals surface area contributed by atoms with Gasteiger partial charge in [-0.15, -0.1) is 0 Å². The van der Waals surface area contributed by atoms with Crippen molar-refractivity contribution in [2.45, 2.75) is 6.42 Å². The van der Waals surface area contributed by atoms with E-state index in [1.165, 1.54) is 12.3 Å². The molecule has 136 valence electrons. The molecule has 0 bridgehead atoms. The van der Waals surface area contributed by atoms with Gasteiger partial charge in [-0.25, -0.2) is 15.2 Å². The fourth-order valence-electron chi connectivity index (χ4n) is 2.70. The van der Waals surface area contributed by atoms with Crippen LogP contribution >= 0.6 is 11.6 Å². The van der Waals surface area contributed by atoms with Crippen LogP contribution in [0, 0.1) is 5.82 Å². The van der Waals surface area contributed by atoms with Crippen molar-refractivity contribution in [3.8, 4) is 11.3 Å². The smallest absolute Gasteiger partial charge is 0.323 e. The maximum atomic E-state index is 13.8. The number of hydrogen-bond acceptors (Lipinski definition) is 6. The molecule has 0 radical (unpaired) electrons. The van der Waals surface area contributed by atoms with Crippen LogP contribution in [-0.2, 0) is 6.42 Å². The highest BCUT2D eigenvalue weighted by Crippen LogP contribution is 2.27. The summed E-state index contributed by atoms with van der Waals surface area (Å²) in [5, 5.41) is 4.37. The van der Waals surface area contributed by atoms with Gasteiger partial charge in [0, 0.05) is 16.8 Å². The summed E-state index contributed by atoms with van der Waals surface area (Å²) < 4.78 is 20.3. The number of carbonyl (C=O) groups excluding carboxylic acids is 1. The van der Waals surface area contributed by atoms with E-state index >= 15 is 0 Å². The summed E-state index contributed by atoms with van der Waals surface area (Å²) in [4.78, 5) is 20.1. The van der Waals surface area contributed by atoms with E-state index in [0.717, 1.165) is 5.56 Å². The Morgan fingerprint density at radius 2 is 2.00 bits per heavy atom. The predicted octanol–water partition coefficient (Wildman–Crippen LogP) is 2.37. The zero-order valence-electron chi connectivity index (χ0n) is 13.7. The van der Waals surface area contributed by atoms with Crippen LogP contribution in [-0.4, -0.2) is 25.4 Å². The first-order valence-corrected chi connectivity index (χ1v) is 8.19. The molecule has 0 aliphatic carbocycles. The average Bonchev–Trinajstić information content (AvgIpc) is 3.27. The number of carbonyl (C=O) groups is 1. The number of fused-ring (bicyclic) bond motifs is 1. The van der Waals surface area contributed by atoms with Crippen LogP contribution in [0.5, 0.6) is 0 Å². The first kappa shape index (κ1) is 17.1. The molecule has 0 unspecified atom stereocenters. The zero-order chi connectivity index (χ0) is 19.0. The minimum Gasteiger partial charge on any atom is -0.328 e. The molecule has 0 aliphatic heterocycles. The number of hydrazine groups is 1. The SMILES string of the molecule is NNC(=O)c1nc(Cc2c(-c3ccc(Cl)cc3)nc3ccc(F)cn23)no1. The molecule has 4 rings (SSSR count). The van der Waals surface area contributed by atoms with Gasteiger partial charge in [0.2, 0.25) is 0 Å². The molecule has 3 aromatic heterocycles. The van der Waals surface area contributed by atoms with Crippen molar-refractivity contribution in [2.24, 2.45) is 5.84 Å². The van der Waals surface area contributed by atoms with Crippen LogP contribution in [0.25, 0.3) is 16.9 Å². The van der Waals surface area contributed by atoms with Crippen molar-refractivity contribution in [1.29, 1.82) is 0 Å². The van der Waals surface area contributed by atoms with Gasteiger partial charge in [0.25, 0.3) is 0 Å². The molecule has 0 spiro atoms. The molecule has 1 aromatic carbocycles. The van der Waals surface area contributed by atoms with E-state index in [0.29, 0.717) is 22.1 Å². The highest BCUT2D eigenvalue weighted by molar-refractivity contribution is 6.30. The standard InChI is InChI=1S/C17H12ClFN6O2/c18-10-3-1-9(2-4-10)15-12(25-8-11(19)5-6-14(25)22-15)7-13-21-17(27-24-13)16(26)23-20/h1-6,8H,7,20H2,(H,23,26). The summed E-state index contributed by atoms with van der Waals surface area (Å²) in [6.45, 7) is 0. The molecule has 3 N–H and O–H groups in total. The van der Waals surface area contributed by atoms with Gasteiger partial charge in [0.1, 0.15) is 11.5 Å². The number of halogens is 2. The summed E-state index contributed by atoms with van der Waals surface area (Å²) in [5.41, 5.74) is 4.52. The molecule has 0 saturated heterocycles. The number of aromatic nitrogens is 4. The van der Waals surface area contributed by atoms with Crippen molar-refractivity contribution >= 4 is 23.2 Å². The number of nitrogens with zero attached hydrogens (tertiary/aromatic N) is 4. The molecule has 4 aromatic rings. The van der Waals surface area contributed by atoms with Crippen molar-refractivity contribution in [2.75, 3.05) is 0 Å². The number of nitrogen functional groups attached to an aromatic ring is 1. The molecule has 0 saturated carbocycles. The number of rotatable bonds is 4. The van der Waals surface area contributed by atoms with Gasteiger partial charge < -0.3 is 8.92 Å². The largest absolute Gasteiger partial charge is 0.328 e. The summed E-state index contributed by atoms with van der Waals surface area (Å²) >= 11 is 5.96. The number of benzene rings is 1. The fraction of sp³-hybridized carbons (Fsp3) is 0.0588. The maximum absolute atomic E-state index is 13.8. The molecular weight excluding hydrogens is 375 g/mol. The number of hydrogen-bond donors (Lipinski definition) is 2. The molecule has 0 fully saturated rings. The number of nitrogens with two attached hydrogens (primary N) is 1. The van der Waals surface area contributed by atoms with E-state index in [2.05, 4.69) is 15.1 Å². The van der Waals surface area contributed by atoms with Gasteiger partial charge in [-0.3, -0.25) is 10.2 Å². The lowest BCUT2D eigenvalue weighted by atomic mass is 10.1. The van der Waals surface area contributed by atoms with Crippen LogP contribution < -0.4 is 11.3 Å². The third kappa shape index (κ3) is 3.25. The van der Waals surface area contributed by atoms with Gasteiger partial charge in [-0.1, -0.05) is 28.9 Å². The lowest BCUT2D eigenvalue weighted by Crippen LogP contribution is -2.30. The second-order valence-electron chi connectivity index (χ2n) is 5.66. The van der Waals surface area contributed by atoms with E-state index in [9.17, 15) is 9.18 Å². The lowest BCUT2D eigenvalue weighted by Gasteiger charge is -2.03. The second kappa shape index (κ2) is 6.78. The number of pyridine rings is 1. The first-order valence-electron chi connectivity index (χ1n) is 7.81. The Balaban J connectivity index is 1.83. The molecular formula is C17H12ClFN6O2. The van der Waals surface area contributed by atoms with Crippen LogP contribution in [0.3, 0.4) is 0 Å². The van der Waals surface area contributed by atoms with E-state index < -0.39 is 11.7 Å². The van der Waals surface area contributed by atoms with Crippen LogP contribution in [0.15, 0.2) is 47.1 Å². The Bertz CT molecular complexity index is 1140. The topological polar surface area (TPSA) is 111 Å². The molecule has 8 nitrogen and oxygen atoms in total. The summed E-state index contributed by atoms with van der Waals surface area (Å²) in [6.07, 6.45) is 1.48. The highest BCUT2D eigenvalue weighted by atomic mass is 35.5. The Hall–Kier alpha value is -3.30. The Labute approximate surface area is 156 Å². The third-order valence-corrected chi connectivity index (χ3v) is 4.17. The third-order valence-electron chi connectivity index (χ3n) is 3.92. The predicted molar refractivity (Wildman–Crippen MR) is 94.4 cm³/mol. The van der Waals surface area contributed by atoms with E-state index in [4.69, 9.17) is 22.0 Å². The first-order chi connectivity index (χ1) is 13.0. The minimum absolute atomic E-state index is 0.157. The van der Waals surface area contributed by atoms with Gasteiger partial charge in [-0.2, -0.15) is 4.98 Å². The average molecular weight is 387 g/mol. The zero-order valence-corrected chi connectivity index (χ0v) is 14.4. The minimum atomic E-state index is -0.698. The number of nitrogens with one attached hydrogen (secondary N) is 1. The fourth-order valence-corrected chi connectivity index (χ4v) is 2.83. The van der Waals surface area contributed by atoms with Crippen molar-refractivity contribution in [1.82, 2.24) is 25.0 Å². The van der Waals surface area contributed by atoms with Gasteiger partial charge in [-0.05, 0) is 24.3 Å². The second-order valence-corrected chi connectivity index (χ2v) is 6.09. The van der Waals surface area contributed by atoms with Crippen molar-refractivity contribution in [3.05, 3.63) is 70.8 Å². The molecule has 0 aliphatic rings. The summed E-state index contributed by atoms with van der Waals surface area (Å²) in [5.74, 6) is 3.91. The summed E-state index contributed by atoms with van der Waals surface area (Å²) in [7, 11) is 0. The molecule has 0 atom stereocenters. The van der Waals surface area contributed by atoms with Gasteiger partial charge in [0.05, 0.1) is 17.8 Å². The lowest BCUT2D eigenvalue weighted by molar-refractivity contribution is 0.0910.